The minimum absolute atomic E-state index is 0.738. The molecule has 0 spiro atoms. The number of ether oxygens (including phenoxy) is 1. The molecule has 0 atom stereocenters. The van der Waals surface area contributed by atoms with Crippen LogP contribution in [0.5, 0.6) is 0 Å². The number of rotatable bonds is 9. The predicted octanol–water partition coefficient (Wildman–Crippen LogP) is 2.25. The van der Waals surface area contributed by atoms with Gasteiger partial charge in [-0.3, -0.25) is 0 Å². The summed E-state index contributed by atoms with van der Waals surface area (Å²) in [5.74, 6) is 0. The highest BCUT2D eigenvalue weighted by molar-refractivity contribution is 5.14. The van der Waals surface area contributed by atoms with Gasteiger partial charge in [-0.25, -0.2) is 4.98 Å². The molecule has 0 radical (unpaired) electrons. The van der Waals surface area contributed by atoms with E-state index in [1.165, 1.54) is 11.3 Å². The molecule has 1 aromatic heterocycles. The standard InChI is InChI=1S/C16H23N3O/c1-20-11-9-17-12-16-13-18-14-19(16)10-5-8-15-6-3-2-4-7-15/h2-4,6-7,13-14,17H,5,8-12H2,1H3. The van der Waals surface area contributed by atoms with Gasteiger partial charge in [0.25, 0.3) is 0 Å². The van der Waals surface area contributed by atoms with Gasteiger partial charge in [-0.05, 0) is 18.4 Å². The SMILES string of the molecule is COCCNCc1cncn1CCCc1ccccc1. The largest absolute Gasteiger partial charge is 0.383 e. The molecule has 4 nitrogen and oxygen atoms in total. The second kappa shape index (κ2) is 8.51. The zero-order valence-electron chi connectivity index (χ0n) is 12.1. The third kappa shape index (κ3) is 4.79. The number of hydrogen-bond donors (Lipinski definition) is 1. The van der Waals surface area contributed by atoms with Crippen molar-refractivity contribution >= 4 is 0 Å². The van der Waals surface area contributed by atoms with Crippen molar-refractivity contribution in [3.63, 3.8) is 0 Å². The molecule has 2 rings (SSSR count). The second-order valence-electron chi connectivity index (χ2n) is 4.84. The molecule has 2 aromatic rings. The molecule has 1 N–H and O–H groups in total. The lowest BCUT2D eigenvalue weighted by Crippen LogP contribution is -2.20. The molecule has 1 heterocycles. The average molecular weight is 273 g/mol. The van der Waals surface area contributed by atoms with Crippen molar-refractivity contribution in [2.75, 3.05) is 20.3 Å². The zero-order chi connectivity index (χ0) is 14.0. The van der Waals surface area contributed by atoms with E-state index in [0.29, 0.717) is 0 Å². The minimum atomic E-state index is 0.738. The van der Waals surface area contributed by atoms with Crippen molar-refractivity contribution in [2.45, 2.75) is 25.9 Å². The van der Waals surface area contributed by atoms with Crippen molar-refractivity contribution in [1.82, 2.24) is 14.9 Å². The number of nitrogens with zero attached hydrogens (tertiary/aromatic N) is 2. The second-order valence-corrected chi connectivity index (χ2v) is 4.84. The van der Waals surface area contributed by atoms with E-state index in [1.54, 1.807) is 7.11 Å². The molecule has 108 valence electrons. The summed E-state index contributed by atoms with van der Waals surface area (Å²) in [6.07, 6.45) is 6.08. The molecule has 1 aromatic carbocycles. The van der Waals surface area contributed by atoms with Gasteiger partial charge >= 0.3 is 0 Å². The number of aryl methyl sites for hydroxylation is 2. The van der Waals surface area contributed by atoms with E-state index in [1.807, 2.05) is 12.5 Å². The van der Waals surface area contributed by atoms with E-state index in [-0.39, 0.29) is 0 Å². The number of methoxy groups -OCH3 is 1. The van der Waals surface area contributed by atoms with Crippen molar-refractivity contribution < 1.29 is 4.74 Å². The van der Waals surface area contributed by atoms with E-state index >= 15 is 0 Å². The first-order chi connectivity index (χ1) is 9.90. The fourth-order valence-corrected chi connectivity index (χ4v) is 2.19. The Morgan fingerprint density at radius 1 is 1.25 bits per heavy atom. The van der Waals surface area contributed by atoms with Gasteiger partial charge in [-0.15, -0.1) is 0 Å². The molecule has 0 saturated carbocycles. The van der Waals surface area contributed by atoms with Crippen LogP contribution < -0.4 is 5.32 Å². The molecule has 0 aliphatic heterocycles. The Bertz CT molecular complexity index is 481. The maximum atomic E-state index is 5.02. The Kier molecular flexibility index (Phi) is 6.27. The highest BCUT2D eigenvalue weighted by Gasteiger charge is 2.01. The zero-order valence-corrected chi connectivity index (χ0v) is 12.1. The van der Waals surface area contributed by atoms with E-state index in [4.69, 9.17) is 4.74 Å². The summed E-state index contributed by atoms with van der Waals surface area (Å²) >= 11 is 0. The van der Waals surface area contributed by atoms with Crippen molar-refractivity contribution in [2.24, 2.45) is 0 Å². The molecule has 0 amide bonds. The fourth-order valence-electron chi connectivity index (χ4n) is 2.19. The monoisotopic (exact) mass is 273 g/mol. The van der Waals surface area contributed by atoms with Crippen LogP contribution in [-0.2, 0) is 24.2 Å². The third-order valence-corrected chi connectivity index (χ3v) is 3.29. The summed E-state index contributed by atoms with van der Waals surface area (Å²) in [6, 6.07) is 10.6. The van der Waals surface area contributed by atoms with Gasteiger partial charge < -0.3 is 14.6 Å². The summed E-state index contributed by atoms with van der Waals surface area (Å²) < 4.78 is 7.25. The molecular weight excluding hydrogens is 250 g/mol. The molecule has 0 saturated heterocycles. The van der Waals surface area contributed by atoms with Crippen molar-refractivity contribution in [3.05, 3.63) is 54.1 Å². The van der Waals surface area contributed by atoms with Crippen LogP contribution in [0.3, 0.4) is 0 Å². The highest BCUT2D eigenvalue weighted by atomic mass is 16.5. The number of hydrogen-bond acceptors (Lipinski definition) is 3. The smallest absolute Gasteiger partial charge is 0.0948 e. The lowest BCUT2D eigenvalue weighted by molar-refractivity contribution is 0.199. The summed E-state index contributed by atoms with van der Waals surface area (Å²) in [6.45, 7) is 3.46. The van der Waals surface area contributed by atoms with Gasteiger partial charge in [-0.1, -0.05) is 30.3 Å². The minimum Gasteiger partial charge on any atom is -0.383 e. The molecule has 0 fully saturated rings. The first-order valence-electron chi connectivity index (χ1n) is 7.12. The first kappa shape index (κ1) is 14.8. The quantitative estimate of drug-likeness (QED) is 0.712. The Morgan fingerprint density at radius 2 is 2.10 bits per heavy atom. The molecular formula is C16H23N3O. The van der Waals surface area contributed by atoms with Crippen LogP contribution in [0.1, 0.15) is 17.7 Å². The van der Waals surface area contributed by atoms with Crippen molar-refractivity contribution in [3.8, 4) is 0 Å². The van der Waals surface area contributed by atoms with Crippen molar-refractivity contribution in [1.29, 1.82) is 0 Å². The number of nitrogens with one attached hydrogen (secondary N) is 1. The first-order valence-corrected chi connectivity index (χ1v) is 7.12. The maximum Gasteiger partial charge on any atom is 0.0948 e. The summed E-state index contributed by atoms with van der Waals surface area (Å²) in [5.41, 5.74) is 2.63. The normalized spacial score (nSPS) is 10.8. The number of benzene rings is 1. The molecule has 0 bridgehead atoms. The topological polar surface area (TPSA) is 39.1 Å². The molecule has 0 aliphatic carbocycles. The van der Waals surface area contributed by atoms with Gasteiger partial charge in [0, 0.05) is 32.9 Å². The van der Waals surface area contributed by atoms with Gasteiger partial charge in [-0.2, -0.15) is 0 Å². The van der Waals surface area contributed by atoms with Gasteiger partial charge in [0.1, 0.15) is 0 Å². The average Bonchev–Trinajstić information content (AvgIpc) is 2.92. The van der Waals surface area contributed by atoms with Crippen LogP contribution >= 0.6 is 0 Å². The van der Waals surface area contributed by atoms with E-state index < -0.39 is 0 Å². The Morgan fingerprint density at radius 3 is 2.90 bits per heavy atom. The van der Waals surface area contributed by atoms with Crippen LogP contribution in [0.15, 0.2) is 42.9 Å². The lowest BCUT2D eigenvalue weighted by atomic mass is 10.1. The molecule has 0 unspecified atom stereocenters. The fraction of sp³-hybridized carbons (Fsp3) is 0.438. The summed E-state index contributed by atoms with van der Waals surface area (Å²) in [7, 11) is 1.72. The van der Waals surface area contributed by atoms with Crippen LogP contribution in [0.4, 0.5) is 0 Å². The molecule has 0 aliphatic rings. The summed E-state index contributed by atoms with van der Waals surface area (Å²) in [5, 5.41) is 3.35. The van der Waals surface area contributed by atoms with Gasteiger partial charge in [0.15, 0.2) is 0 Å². The van der Waals surface area contributed by atoms with Gasteiger partial charge in [0.2, 0.25) is 0 Å². The van der Waals surface area contributed by atoms with Gasteiger partial charge in [0.05, 0.1) is 18.6 Å². The lowest BCUT2D eigenvalue weighted by Gasteiger charge is -2.09. The highest BCUT2D eigenvalue weighted by Crippen LogP contribution is 2.06. The Hall–Kier alpha value is -1.65. The third-order valence-electron chi connectivity index (χ3n) is 3.29. The Labute approximate surface area is 120 Å². The van der Waals surface area contributed by atoms with Crippen LogP contribution in [-0.4, -0.2) is 29.8 Å². The van der Waals surface area contributed by atoms with E-state index in [0.717, 1.165) is 39.1 Å². The van der Waals surface area contributed by atoms with Crippen LogP contribution in [0.25, 0.3) is 0 Å². The molecule has 20 heavy (non-hydrogen) atoms. The van der Waals surface area contributed by atoms with E-state index in [9.17, 15) is 0 Å². The summed E-state index contributed by atoms with van der Waals surface area (Å²) in [4.78, 5) is 4.24. The predicted molar refractivity (Wildman–Crippen MR) is 80.6 cm³/mol. The van der Waals surface area contributed by atoms with Crippen LogP contribution in [0.2, 0.25) is 0 Å². The number of aromatic nitrogens is 2. The van der Waals surface area contributed by atoms with E-state index in [2.05, 4.69) is 45.2 Å². The van der Waals surface area contributed by atoms with Crippen LogP contribution in [0, 0.1) is 0 Å². The number of imidazole rings is 1. The Balaban J connectivity index is 1.74. The maximum absolute atomic E-state index is 5.02. The molecule has 4 heteroatoms.